The Hall–Kier alpha value is -2.92. The van der Waals surface area contributed by atoms with Gasteiger partial charge in [0.15, 0.2) is 5.76 Å². The van der Waals surface area contributed by atoms with Gasteiger partial charge in [-0.25, -0.2) is 4.98 Å². The van der Waals surface area contributed by atoms with Crippen LogP contribution in [0, 0.1) is 0 Å². The number of hydrogen-bond acceptors (Lipinski definition) is 5. The Labute approximate surface area is 135 Å². The molecule has 5 heteroatoms. The van der Waals surface area contributed by atoms with E-state index < -0.39 is 0 Å². The minimum atomic E-state index is -0.265. The summed E-state index contributed by atoms with van der Waals surface area (Å²) in [5.74, 6) is 0.0560. The standard InChI is InChI=1S/C18H11NO3S/c20-13-7-6-12-8-16(22-15(12)9-13)17(21)14-10-23-18(19-14)11-4-2-1-3-5-11/h1-10,20H. The second-order valence-corrected chi connectivity index (χ2v) is 5.92. The predicted octanol–water partition coefficient (Wildman–Crippen LogP) is 4.49. The summed E-state index contributed by atoms with van der Waals surface area (Å²) in [6.07, 6.45) is 0. The molecule has 4 rings (SSSR count). The SMILES string of the molecule is O=C(c1csc(-c2ccccc2)n1)c1cc2ccc(O)cc2o1. The molecular formula is C18H11NO3S. The van der Waals surface area contributed by atoms with Crippen molar-refractivity contribution in [1.29, 1.82) is 0 Å². The van der Waals surface area contributed by atoms with Gasteiger partial charge in [0, 0.05) is 22.4 Å². The van der Waals surface area contributed by atoms with E-state index in [-0.39, 0.29) is 17.3 Å². The van der Waals surface area contributed by atoms with E-state index in [0.717, 1.165) is 16.0 Å². The number of nitrogens with zero attached hydrogens (tertiary/aromatic N) is 1. The zero-order chi connectivity index (χ0) is 15.8. The first-order chi connectivity index (χ1) is 11.2. The zero-order valence-electron chi connectivity index (χ0n) is 11.9. The molecule has 0 aliphatic rings. The Morgan fingerprint density at radius 3 is 2.74 bits per heavy atom. The molecule has 0 fully saturated rings. The lowest BCUT2D eigenvalue weighted by atomic mass is 10.2. The third kappa shape index (κ3) is 2.51. The normalized spacial score (nSPS) is 11.0. The third-order valence-electron chi connectivity index (χ3n) is 3.49. The molecule has 0 saturated heterocycles. The van der Waals surface area contributed by atoms with E-state index in [1.165, 1.54) is 17.4 Å². The first-order valence-electron chi connectivity index (χ1n) is 6.99. The summed E-state index contributed by atoms with van der Waals surface area (Å²) < 4.78 is 5.54. The fourth-order valence-corrected chi connectivity index (χ4v) is 3.16. The molecule has 0 unspecified atom stereocenters. The van der Waals surface area contributed by atoms with Crippen LogP contribution in [0.3, 0.4) is 0 Å². The van der Waals surface area contributed by atoms with E-state index >= 15 is 0 Å². The highest BCUT2D eigenvalue weighted by Crippen LogP contribution is 2.27. The summed E-state index contributed by atoms with van der Waals surface area (Å²) in [5.41, 5.74) is 1.81. The van der Waals surface area contributed by atoms with Gasteiger partial charge in [-0.1, -0.05) is 30.3 Å². The molecule has 23 heavy (non-hydrogen) atoms. The van der Waals surface area contributed by atoms with Crippen LogP contribution >= 0.6 is 11.3 Å². The lowest BCUT2D eigenvalue weighted by Crippen LogP contribution is -1.99. The molecule has 1 N–H and O–H groups in total. The van der Waals surface area contributed by atoms with Crippen molar-refractivity contribution < 1.29 is 14.3 Å². The number of carbonyl (C=O) groups excluding carboxylic acids is 1. The number of benzene rings is 2. The summed E-state index contributed by atoms with van der Waals surface area (Å²) in [6.45, 7) is 0. The molecule has 2 heterocycles. The van der Waals surface area contributed by atoms with Gasteiger partial charge in [0.05, 0.1) is 0 Å². The van der Waals surface area contributed by atoms with E-state index in [9.17, 15) is 9.90 Å². The second kappa shape index (κ2) is 5.37. The topological polar surface area (TPSA) is 63.3 Å². The number of thiazole rings is 1. The van der Waals surface area contributed by atoms with Crippen molar-refractivity contribution >= 4 is 28.1 Å². The number of rotatable bonds is 3. The largest absolute Gasteiger partial charge is 0.508 e. The zero-order valence-corrected chi connectivity index (χ0v) is 12.7. The number of ketones is 1. The number of phenolic OH excluding ortho intramolecular Hbond substituents is 1. The molecule has 0 bridgehead atoms. The molecule has 0 aliphatic carbocycles. The highest BCUT2D eigenvalue weighted by molar-refractivity contribution is 7.13. The van der Waals surface area contributed by atoms with Crippen molar-refractivity contribution in [2.75, 3.05) is 0 Å². The Kier molecular flexibility index (Phi) is 3.20. The molecule has 4 nitrogen and oxygen atoms in total. The van der Waals surface area contributed by atoms with Gasteiger partial charge in [-0.3, -0.25) is 4.79 Å². The third-order valence-corrected chi connectivity index (χ3v) is 4.38. The van der Waals surface area contributed by atoms with Crippen LogP contribution in [0.2, 0.25) is 0 Å². The fourth-order valence-electron chi connectivity index (χ4n) is 2.35. The average molecular weight is 321 g/mol. The molecule has 0 aliphatic heterocycles. The molecule has 0 radical (unpaired) electrons. The van der Waals surface area contributed by atoms with Crippen LogP contribution in [0.4, 0.5) is 0 Å². The number of hydrogen-bond donors (Lipinski definition) is 1. The van der Waals surface area contributed by atoms with Gasteiger partial charge in [-0.2, -0.15) is 0 Å². The number of aromatic nitrogens is 1. The predicted molar refractivity (Wildman–Crippen MR) is 88.9 cm³/mol. The summed E-state index contributed by atoms with van der Waals surface area (Å²) >= 11 is 1.42. The van der Waals surface area contributed by atoms with E-state index in [2.05, 4.69) is 4.98 Å². The van der Waals surface area contributed by atoms with Crippen molar-refractivity contribution in [1.82, 2.24) is 4.98 Å². The van der Waals surface area contributed by atoms with E-state index in [1.807, 2.05) is 30.3 Å². The minimum absolute atomic E-state index is 0.103. The summed E-state index contributed by atoms with van der Waals surface area (Å²) in [6, 6.07) is 16.1. The Morgan fingerprint density at radius 1 is 1.09 bits per heavy atom. The second-order valence-electron chi connectivity index (χ2n) is 5.07. The lowest BCUT2D eigenvalue weighted by Gasteiger charge is -1.94. The lowest BCUT2D eigenvalue weighted by molar-refractivity contribution is 0.101. The smallest absolute Gasteiger partial charge is 0.247 e. The molecule has 112 valence electrons. The van der Waals surface area contributed by atoms with Gasteiger partial charge in [0.1, 0.15) is 22.0 Å². The summed E-state index contributed by atoms with van der Waals surface area (Å²) in [4.78, 5) is 16.9. The highest BCUT2D eigenvalue weighted by Gasteiger charge is 2.18. The van der Waals surface area contributed by atoms with Crippen molar-refractivity contribution in [3.63, 3.8) is 0 Å². The molecule has 2 aromatic carbocycles. The van der Waals surface area contributed by atoms with Crippen LogP contribution in [0.1, 0.15) is 16.2 Å². The maximum atomic E-state index is 12.5. The summed E-state index contributed by atoms with van der Waals surface area (Å²) in [7, 11) is 0. The van der Waals surface area contributed by atoms with Crippen LogP contribution in [-0.4, -0.2) is 15.9 Å². The molecule has 0 atom stereocenters. The number of furan rings is 1. The van der Waals surface area contributed by atoms with Crippen molar-refractivity contribution in [3.05, 3.63) is 71.4 Å². The summed E-state index contributed by atoms with van der Waals surface area (Å²) in [5, 5.41) is 12.8. The first kappa shape index (κ1) is 13.7. The number of carbonyl (C=O) groups is 1. The van der Waals surface area contributed by atoms with Crippen molar-refractivity contribution in [2.45, 2.75) is 0 Å². The van der Waals surface area contributed by atoms with Crippen molar-refractivity contribution in [3.8, 4) is 16.3 Å². The van der Waals surface area contributed by atoms with Crippen molar-refractivity contribution in [2.24, 2.45) is 0 Å². The average Bonchev–Trinajstić information content (AvgIpc) is 3.21. The van der Waals surface area contributed by atoms with Gasteiger partial charge < -0.3 is 9.52 Å². The van der Waals surface area contributed by atoms with E-state index in [0.29, 0.717) is 11.3 Å². The van der Waals surface area contributed by atoms with E-state index in [1.54, 1.807) is 23.6 Å². The van der Waals surface area contributed by atoms with Gasteiger partial charge >= 0.3 is 0 Å². The van der Waals surface area contributed by atoms with Gasteiger partial charge in [0.25, 0.3) is 0 Å². The highest BCUT2D eigenvalue weighted by atomic mass is 32.1. The molecule has 4 aromatic rings. The van der Waals surface area contributed by atoms with Gasteiger partial charge in [-0.15, -0.1) is 11.3 Å². The van der Waals surface area contributed by atoms with Crippen LogP contribution < -0.4 is 0 Å². The quantitative estimate of drug-likeness (QED) is 0.565. The molecule has 2 aromatic heterocycles. The fraction of sp³-hybridized carbons (Fsp3) is 0. The Balaban J connectivity index is 1.69. The maximum absolute atomic E-state index is 12.5. The van der Waals surface area contributed by atoms with Crippen LogP contribution in [0.5, 0.6) is 5.75 Å². The van der Waals surface area contributed by atoms with E-state index in [4.69, 9.17) is 4.42 Å². The van der Waals surface area contributed by atoms with Crippen LogP contribution in [0.15, 0.2) is 64.4 Å². The monoisotopic (exact) mass is 321 g/mol. The van der Waals surface area contributed by atoms with Gasteiger partial charge in [0.2, 0.25) is 5.78 Å². The Morgan fingerprint density at radius 2 is 1.91 bits per heavy atom. The number of phenols is 1. The van der Waals surface area contributed by atoms with Gasteiger partial charge in [-0.05, 0) is 18.2 Å². The van der Waals surface area contributed by atoms with Crippen LogP contribution in [-0.2, 0) is 0 Å². The first-order valence-corrected chi connectivity index (χ1v) is 7.87. The van der Waals surface area contributed by atoms with Crippen LogP contribution in [0.25, 0.3) is 21.5 Å². The Bertz CT molecular complexity index is 1000. The number of aromatic hydroxyl groups is 1. The molecular weight excluding hydrogens is 310 g/mol. The maximum Gasteiger partial charge on any atom is 0.247 e. The number of fused-ring (bicyclic) bond motifs is 1. The molecule has 0 spiro atoms. The molecule has 0 amide bonds. The molecule has 0 saturated carbocycles. The minimum Gasteiger partial charge on any atom is -0.508 e.